The van der Waals surface area contributed by atoms with Gasteiger partial charge in [0.1, 0.15) is 24.3 Å². The Balaban J connectivity index is 1.74. The third-order valence-electron chi connectivity index (χ3n) is 6.75. The van der Waals surface area contributed by atoms with Crippen LogP contribution in [0.2, 0.25) is 0 Å². The average Bonchev–Trinajstić information content (AvgIpc) is 3.21. The summed E-state index contributed by atoms with van der Waals surface area (Å²) in [6.07, 6.45) is 1.38. The first kappa shape index (κ1) is 25.3. The lowest BCUT2D eigenvalue weighted by Gasteiger charge is -2.33. The zero-order valence-electron chi connectivity index (χ0n) is 21.5. The molecule has 3 heterocycles. The Bertz CT molecular complexity index is 1110. The molecule has 2 N–H and O–H groups in total. The summed E-state index contributed by atoms with van der Waals surface area (Å²) in [5, 5.41) is 13.0. The van der Waals surface area contributed by atoms with E-state index in [1.807, 2.05) is 24.3 Å². The molecule has 8 nitrogen and oxygen atoms in total. The van der Waals surface area contributed by atoms with Crippen molar-refractivity contribution in [3.8, 4) is 17.1 Å². The minimum atomic E-state index is -0.579. The highest BCUT2D eigenvalue weighted by atomic mass is 16.5. The van der Waals surface area contributed by atoms with E-state index in [1.165, 1.54) is 5.57 Å². The molecule has 1 unspecified atom stereocenters. The van der Waals surface area contributed by atoms with Crippen LogP contribution in [0.1, 0.15) is 37.9 Å². The van der Waals surface area contributed by atoms with Crippen LogP contribution in [-0.2, 0) is 4.74 Å². The minimum Gasteiger partial charge on any atom is -0.491 e. The Kier molecular flexibility index (Phi) is 8.15. The van der Waals surface area contributed by atoms with Gasteiger partial charge < -0.3 is 24.8 Å². The number of hydrogen-bond donors (Lipinski definition) is 2. The van der Waals surface area contributed by atoms with E-state index in [0.29, 0.717) is 30.7 Å². The summed E-state index contributed by atoms with van der Waals surface area (Å²) in [4.78, 5) is 17.1. The normalized spacial score (nSPS) is 17.5. The van der Waals surface area contributed by atoms with E-state index in [1.54, 1.807) is 7.05 Å². The van der Waals surface area contributed by atoms with E-state index in [-0.39, 0.29) is 6.61 Å². The summed E-state index contributed by atoms with van der Waals surface area (Å²) in [6.45, 7) is 9.23. The molecule has 35 heavy (non-hydrogen) atoms. The number of hydrogen-bond acceptors (Lipinski definition) is 8. The fraction of sp³-hybridized carbons (Fsp3) is 0.519. The molecule has 8 heteroatoms. The number of anilines is 1. The van der Waals surface area contributed by atoms with E-state index >= 15 is 0 Å². The number of ether oxygens (including phenoxy) is 2. The lowest BCUT2D eigenvalue weighted by molar-refractivity contribution is 0.0853. The summed E-state index contributed by atoms with van der Waals surface area (Å²) in [5.41, 5.74) is 6.25. The molecular formula is C27H37N5O3. The third kappa shape index (κ3) is 5.72. The van der Waals surface area contributed by atoms with E-state index in [2.05, 4.69) is 43.0 Å². The molecule has 1 atom stereocenters. The summed E-state index contributed by atoms with van der Waals surface area (Å²) >= 11 is 0. The third-order valence-corrected chi connectivity index (χ3v) is 6.75. The molecule has 4 rings (SSSR count). The van der Waals surface area contributed by atoms with Crippen molar-refractivity contribution in [1.29, 1.82) is 0 Å². The highest BCUT2D eigenvalue weighted by Crippen LogP contribution is 2.34. The number of aliphatic hydroxyl groups is 1. The van der Waals surface area contributed by atoms with Crippen molar-refractivity contribution < 1.29 is 14.6 Å². The maximum atomic E-state index is 10.0. The van der Waals surface area contributed by atoms with Gasteiger partial charge in [-0.25, -0.2) is 9.97 Å². The molecule has 0 bridgehead atoms. The number of aliphatic hydroxyl groups excluding tert-OH is 1. The van der Waals surface area contributed by atoms with Gasteiger partial charge in [-0.1, -0.05) is 12.1 Å². The molecule has 0 radical (unpaired) electrons. The topological polar surface area (TPSA) is 92.1 Å². The van der Waals surface area contributed by atoms with Gasteiger partial charge in [0, 0.05) is 55.3 Å². The van der Waals surface area contributed by atoms with Gasteiger partial charge in [-0.15, -0.1) is 0 Å². The van der Waals surface area contributed by atoms with Crippen LogP contribution in [0.4, 0.5) is 5.82 Å². The predicted octanol–water partition coefficient (Wildman–Crippen LogP) is 3.27. The summed E-state index contributed by atoms with van der Waals surface area (Å²) in [5.74, 6) is 2.27. The second kappa shape index (κ2) is 11.3. The molecule has 2 aliphatic heterocycles. The molecule has 188 valence electrons. The zero-order valence-corrected chi connectivity index (χ0v) is 21.5. The summed E-state index contributed by atoms with van der Waals surface area (Å²) in [6, 6.07) is 8.14. The van der Waals surface area contributed by atoms with Gasteiger partial charge in [-0.2, -0.15) is 0 Å². The fourth-order valence-electron chi connectivity index (χ4n) is 4.76. The van der Waals surface area contributed by atoms with Crippen LogP contribution in [0.3, 0.4) is 0 Å². The van der Waals surface area contributed by atoms with Crippen molar-refractivity contribution in [2.45, 2.75) is 45.8 Å². The van der Waals surface area contributed by atoms with Crippen LogP contribution in [0, 0.1) is 6.92 Å². The standard InChI is InChI=1S/C27H37N5O3/c1-17-14-29-19(3)24(17)25-18(2)27(32(5)21-9-11-34-12-10-21)31-26(30-25)20-7-6-8-23(13-20)35-16-22(33)15-28-4/h6-8,13,21-22,28,33H,9-12,14-16H2,1-5H3. The monoisotopic (exact) mass is 479 g/mol. The Hall–Kier alpha value is -2.81. The number of nitrogens with one attached hydrogen (secondary N) is 1. The zero-order chi connectivity index (χ0) is 24.9. The fourth-order valence-corrected chi connectivity index (χ4v) is 4.76. The van der Waals surface area contributed by atoms with Gasteiger partial charge >= 0.3 is 0 Å². The molecule has 0 amide bonds. The maximum Gasteiger partial charge on any atom is 0.162 e. The first-order chi connectivity index (χ1) is 16.9. The first-order valence-electron chi connectivity index (χ1n) is 12.4. The molecule has 1 fully saturated rings. The molecule has 1 aromatic heterocycles. The van der Waals surface area contributed by atoms with Gasteiger partial charge in [0.2, 0.25) is 0 Å². The Morgan fingerprint density at radius 3 is 2.66 bits per heavy atom. The Morgan fingerprint density at radius 2 is 1.97 bits per heavy atom. The van der Waals surface area contributed by atoms with Gasteiger partial charge in [0.05, 0.1) is 12.2 Å². The van der Waals surface area contributed by atoms with Gasteiger partial charge in [0.15, 0.2) is 5.82 Å². The second-order valence-electron chi connectivity index (χ2n) is 9.41. The number of allylic oxidation sites excluding steroid dienone is 1. The first-order valence-corrected chi connectivity index (χ1v) is 12.4. The SMILES string of the molecule is CNCC(O)COc1cccc(-c2nc(C3=C(C)CN=C3C)c(C)c(N(C)C3CCOCC3)n2)c1. The Morgan fingerprint density at radius 1 is 1.20 bits per heavy atom. The van der Waals surface area contributed by atoms with Gasteiger partial charge in [-0.05, 0) is 58.4 Å². The molecule has 1 aromatic carbocycles. The number of aromatic nitrogens is 2. The lowest BCUT2D eigenvalue weighted by atomic mass is 9.99. The second-order valence-corrected chi connectivity index (χ2v) is 9.41. The van der Waals surface area contributed by atoms with E-state index in [0.717, 1.165) is 60.0 Å². The molecule has 0 aliphatic carbocycles. The van der Waals surface area contributed by atoms with Crippen LogP contribution < -0.4 is 15.0 Å². The predicted molar refractivity (Wildman–Crippen MR) is 140 cm³/mol. The van der Waals surface area contributed by atoms with Crippen molar-refractivity contribution in [3.05, 3.63) is 41.1 Å². The highest BCUT2D eigenvalue weighted by molar-refractivity contribution is 6.25. The van der Waals surface area contributed by atoms with Crippen LogP contribution in [0.15, 0.2) is 34.8 Å². The van der Waals surface area contributed by atoms with Gasteiger partial charge in [-0.3, -0.25) is 4.99 Å². The minimum absolute atomic E-state index is 0.212. The van der Waals surface area contributed by atoms with E-state index in [4.69, 9.17) is 19.4 Å². The average molecular weight is 480 g/mol. The van der Waals surface area contributed by atoms with Crippen LogP contribution in [0.25, 0.3) is 17.0 Å². The van der Waals surface area contributed by atoms with Gasteiger partial charge in [0.25, 0.3) is 0 Å². The van der Waals surface area contributed by atoms with Crippen molar-refractivity contribution >= 4 is 17.1 Å². The highest BCUT2D eigenvalue weighted by Gasteiger charge is 2.26. The van der Waals surface area contributed by atoms with Crippen molar-refractivity contribution in [3.63, 3.8) is 0 Å². The van der Waals surface area contributed by atoms with Crippen molar-refractivity contribution in [2.24, 2.45) is 4.99 Å². The van der Waals surface area contributed by atoms with Crippen molar-refractivity contribution in [1.82, 2.24) is 15.3 Å². The number of likely N-dealkylation sites (N-methyl/N-ethyl adjacent to an activating group) is 1. The molecule has 2 aliphatic rings. The van der Waals surface area contributed by atoms with E-state index < -0.39 is 6.10 Å². The lowest BCUT2D eigenvalue weighted by Crippen LogP contribution is -2.37. The number of benzene rings is 1. The van der Waals surface area contributed by atoms with Crippen LogP contribution >= 0.6 is 0 Å². The van der Waals surface area contributed by atoms with E-state index in [9.17, 15) is 5.11 Å². The molecule has 2 aromatic rings. The molecule has 1 saturated heterocycles. The van der Waals surface area contributed by atoms with Crippen molar-refractivity contribution in [2.75, 3.05) is 51.9 Å². The summed E-state index contributed by atoms with van der Waals surface area (Å²) < 4.78 is 11.4. The molecule has 0 saturated carbocycles. The maximum absolute atomic E-state index is 10.0. The Labute approximate surface area is 208 Å². The quantitative estimate of drug-likeness (QED) is 0.570. The summed E-state index contributed by atoms with van der Waals surface area (Å²) in [7, 11) is 3.93. The smallest absolute Gasteiger partial charge is 0.162 e. The molecule has 0 spiro atoms. The number of aliphatic imine (C=N–C) groups is 1. The molecular weight excluding hydrogens is 442 g/mol. The van der Waals surface area contributed by atoms with Crippen LogP contribution in [0.5, 0.6) is 5.75 Å². The number of rotatable bonds is 9. The largest absolute Gasteiger partial charge is 0.491 e. The number of nitrogens with zero attached hydrogens (tertiary/aromatic N) is 4. The van der Waals surface area contributed by atoms with Crippen LogP contribution in [-0.4, -0.2) is 79.9 Å².